The molecule has 1 aliphatic carbocycles. The number of aromatic nitrogens is 2. The molecule has 0 spiro atoms. The van der Waals surface area contributed by atoms with Gasteiger partial charge in [0.2, 0.25) is 0 Å². The van der Waals surface area contributed by atoms with Gasteiger partial charge in [-0.2, -0.15) is 0 Å². The first kappa shape index (κ1) is 30.1. The minimum absolute atomic E-state index is 0.161. The van der Waals surface area contributed by atoms with E-state index >= 15 is 0 Å². The van der Waals surface area contributed by atoms with Crippen LogP contribution in [-0.4, -0.2) is 9.55 Å². The Labute approximate surface area is 302 Å². The summed E-state index contributed by atoms with van der Waals surface area (Å²) in [5.41, 5.74) is 16.3. The molecule has 1 aliphatic rings. The molecule has 3 heteroatoms. The zero-order valence-electron chi connectivity index (χ0n) is 28.9. The van der Waals surface area contributed by atoms with E-state index in [0.29, 0.717) is 5.69 Å². The molecule has 0 saturated carbocycles. The van der Waals surface area contributed by atoms with Crippen molar-refractivity contribution in [2.45, 2.75) is 19.3 Å². The first-order valence-electron chi connectivity index (χ1n) is 17.8. The molecule has 244 valence electrons. The summed E-state index contributed by atoms with van der Waals surface area (Å²) < 4.78 is 2.43. The molecule has 10 rings (SSSR count). The number of rotatable bonds is 4. The Balaban J connectivity index is 1.31. The Morgan fingerprint density at radius 2 is 1.21 bits per heavy atom. The summed E-state index contributed by atoms with van der Waals surface area (Å²) in [7, 11) is 0. The lowest BCUT2D eigenvalue weighted by atomic mass is 9.80. The summed E-state index contributed by atoms with van der Waals surface area (Å²) in [6, 6.07) is 58.1. The maximum atomic E-state index is 8.07. The normalized spacial score (nSPS) is 12.9. The SMILES string of the molecule is [C-]#[N+]c1ccccc1-c1cc(-c2cc(-c3ccccc3)nc3ccccc23)cc(-n2c3ccccc3c3c4c(ccc32)-c2ccccc2C4(C)C)c1. The fourth-order valence-corrected chi connectivity index (χ4v) is 8.65. The number of hydrogen-bond acceptors (Lipinski definition) is 1. The second-order valence-electron chi connectivity index (χ2n) is 14.2. The van der Waals surface area contributed by atoms with Crippen molar-refractivity contribution in [2.24, 2.45) is 0 Å². The fourth-order valence-electron chi connectivity index (χ4n) is 8.65. The molecule has 0 N–H and O–H groups in total. The molecule has 0 amide bonds. The Hall–Kier alpha value is -6.76. The van der Waals surface area contributed by atoms with Gasteiger partial charge in [0.15, 0.2) is 5.69 Å². The van der Waals surface area contributed by atoms with E-state index in [2.05, 4.69) is 163 Å². The van der Waals surface area contributed by atoms with Gasteiger partial charge in [-0.15, -0.1) is 0 Å². The molecule has 0 atom stereocenters. The van der Waals surface area contributed by atoms with Crippen molar-refractivity contribution in [2.75, 3.05) is 0 Å². The Kier molecular flexibility index (Phi) is 6.59. The fraction of sp³-hybridized carbons (Fsp3) is 0.0612. The van der Waals surface area contributed by atoms with Gasteiger partial charge in [0, 0.05) is 32.8 Å². The molecule has 0 bridgehead atoms. The van der Waals surface area contributed by atoms with Gasteiger partial charge < -0.3 is 4.57 Å². The first-order chi connectivity index (χ1) is 25.5. The number of pyridine rings is 1. The summed E-state index contributed by atoms with van der Waals surface area (Å²) in [5.74, 6) is 0. The Morgan fingerprint density at radius 3 is 2.04 bits per heavy atom. The third kappa shape index (κ3) is 4.41. The second-order valence-corrected chi connectivity index (χ2v) is 14.2. The van der Waals surface area contributed by atoms with Crippen LogP contribution in [0.5, 0.6) is 0 Å². The third-order valence-corrected chi connectivity index (χ3v) is 11.0. The van der Waals surface area contributed by atoms with Crippen LogP contribution in [0.3, 0.4) is 0 Å². The van der Waals surface area contributed by atoms with Gasteiger partial charge in [-0.05, 0) is 87.0 Å². The maximum Gasteiger partial charge on any atom is 0.194 e. The summed E-state index contributed by atoms with van der Waals surface area (Å²) >= 11 is 0. The van der Waals surface area contributed by atoms with Crippen molar-refractivity contribution < 1.29 is 0 Å². The summed E-state index contributed by atoms with van der Waals surface area (Å²) in [6.45, 7) is 12.8. The molecule has 0 saturated heterocycles. The number of benzene rings is 7. The van der Waals surface area contributed by atoms with Gasteiger partial charge in [0.25, 0.3) is 0 Å². The average molecular weight is 664 g/mol. The zero-order valence-corrected chi connectivity index (χ0v) is 28.9. The molecule has 2 heterocycles. The standard InChI is InChI=1S/C49H33N3/c1-49(2)41-21-11-7-18-36(41)38-25-26-46-47(48(38)49)39-20-10-14-24-45(39)52(46)34-28-32(35-17-8-12-22-42(35)50-3)27-33(29-34)40-30-44(31-15-5-4-6-16-31)51-43-23-13-9-19-37(40)43/h4-30H,1-2H3. The van der Waals surface area contributed by atoms with Crippen molar-refractivity contribution >= 4 is 38.4 Å². The highest BCUT2D eigenvalue weighted by Crippen LogP contribution is 2.53. The molecule has 0 aliphatic heterocycles. The van der Waals surface area contributed by atoms with Gasteiger partial charge in [0.05, 0.1) is 28.8 Å². The van der Waals surface area contributed by atoms with E-state index in [9.17, 15) is 0 Å². The molecular formula is C49H33N3. The topological polar surface area (TPSA) is 22.2 Å². The molecular weight excluding hydrogens is 631 g/mol. The van der Waals surface area contributed by atoms with Gasteiger partial charge in [-0.25, -0.2) is 9.83 Å². The molecule has 0 fully saturated rings. The van der Waals surface area contributed by atoms with Crippen molar-refractivity contribution in [1.82, 2.24) is 9.55 Å². The van der Waals surface area contributed by atoms with Crippen molar-refractivity contribution in [1.29, 1.82) is 0 Å². The molecule has 7 aromatic carbocycles. The Morgan fingerprint density at radius 1 is 0.538 bits per heavy atom. The monoisotopic (exact) mass is 663 g/mol. The quantitative estimate of drug-likeness (QED) is 0.172. The number of fused-ring (bicyclic) bond motifs is 8. The van der Waals surface area contributed by atoms with Gasteiger partial charge >= 0.3 is 0 Å². The number of para-hydroxylation sites is 3. The number of nitrogens with zero attached hydrogens (tertiary/aromatic N) is 3. The minimum atomic E-state index is -0.161. The molecule has 52 heavy (non-hydrogen) atoms. The summed E-state index contributed by atoms with van der Waals surface area (Å²) in [5, 5.41) is 3.62. The van der Waals surface area contributed by atoms with Crippen LogP contribution in [0.15, 0.2) is 164 Å². The van der Waals surface area contributed by atoms with Crippen molar-refractivity contribution in [3.8, 4) is 50.3 Å². The average Bonchev–Trinajstić information content (AvgIpc) is 3.66. The van der Waals surface area contributed by atoms with E-state index in [1.54, 1.807) is 0 Å². The molecule has 9 aromatic rings. The van der Waals surface area contributed by atoms with Crippen LogP contribution in [0, 0.1) is 6.57 Å². The lowest BCUT2D eigenvalue weighted by Gasteiger charge is -2.22. The van der Waals surface area contributed by atoms with Crippen LogP contribution in [0.25, 0.3) is 87.9 Å². The van der Waals surface area contributed by atoms with E-state index in [1.807, 2.05) is 24.3 Å². The molecule has 3 nitrogen and oxygen atoms in total. The van der Waals surface area contributed by atoms with E-state index in [-0.39, 0.29) is 5.41 Å². The van der Waals surface area contributed by atoms with Crippen LogP contribution in [-0.2, 0) is 5.41 Å². The lowest BCUT2D eigenvalue weighted by molar-refractivity contribution is 0.666. The van der Waals surface area contributed by atoms with Crippen LogP contribution < -0.4 is 0 Å². The van der Waals surface area contributed by atoms with E-state index in [4.69, 9.17) is 11.6 Å². The maximum absolute atomic E-state index is 8.07. The van der Waals surface area contributed by atoms with Crippen LogP contribution >= 0.6 is 0 Å². The Bertz CT molecular complexity index is 2940. The predicted octanol–water partition coefficient (Wildman–Crippen LogP) is 13.2. The van der Waals surface area contributed by atoms with Crippen molar-refractivity contribution in [3.63, 3.8) is 0 Å². The van der Waals surface area contributed by atoms with Crippen LogP contribution in [0.1, 0.15) is 25.0 Å². The summed E-state index contributed by atoms with van der Waals surface area (Å²) in [6.07, 6.45) is 0. The number of hydrogen-bond donors (Lipinski definition) is 0. The highest BCUT2D eigenvalue weighted by atomic mass is 15.0. The third-order valence-electron chi connectivity index (χ3n) is 11.0. The van der Waals surface area contributed by atoms with E-state index < -0.39 is 0 Å². The van der Waals surface area contributed by atoms with E-state index in [0.717, 1.165) is 55.6 Å². The first-order valence-corrected chi connectivity index (χ1v) is 17.8. The zero-order chi connectivity index (χ0) is 35.0. The lowest BCUT2D eigenvalue weighted by Crippen LogP contribution is -2.15. The van der Waals surface area contributed by atoms with Gasteiger partial charge in [-0.3, -0.25) is 0 Å². The minimum Gasteiger partial charge on any atom is -0.309 e. The van der Waals surface area contributed by atoms with Crippen molar-refractivity contribution in [3.05, 3.63) is 186 Å². The molecule has 0 radical (unpaired) electrons. The van der Waals surface area contributed by atoms with Crippen LogP contribution in [0.4, 0.5) is 5.69 Å². The molecule has 2 aromatic heterocycles. The smallest absolute Gasteiger partial charge is 0.194 e. The van der Waals surface area contributed by atoms with E-state index in [1.165, 1.54) is 38.5 Å². The highest BCUT2D eigenvalue weighted by molar-refractivity contribution is 6.14. The highest BCUT2D eigenvalue weighted by Gasteiger charge is 2.38. The largest absolute Gasteiger partial charge is 0.309 e. The summed E-state index contributed by atoms with van der Waals surface area (Å²) in [4.78, 5) is 9.07. The predicted molar refractivity (Wildman–Crippen MR) is 216 cm³/mol. The van der Waals surface area contributed by atoms with Gasteiger partial charge in [-0.1, -0.05) is 135 Å². The van der Waals surface area contributed by atoms with Crippen LogP contribution in [0.2, 0.25) is 0 Å². The van der Waals surface area contributed by atoms with Gasteiger partial charge in [0.1, 0.15) is 0 Å². The molecule has 0 unspecified atom stereocenters. The second kappa shape index (κ2) is 11.4.